The minimum absolute atomic E-state index is 0.127. The van der Waals surface area contributed by atoms with Crippen LogP contribution in [-0.2, 0) is 0 Å². The highest BCUT2D eigenvalue weighted by Gasteiger charge is 2.15. The number of nitrogens with zero attached hydrogens (tertiary/aromatic N) is 2. The zero-order chi connectivity index (χ0) is 15.2. The average molecular weight is 333 g/mol. The number of carbonyl (C=O) groups is 1. The topological polar surface area (TPSA) is 54.9 Å². The van der Waals surface area contributed by atoms with Crippen molar-refractivity contribution in [2.75, 3.05) is 11.1 Å². The van der Waals surface area contributed by atoms with E-state index in [-0.39, 0.29) is 5.78 Å². The summed E-state index contributed by atoms with van der Waals surface area (Å²) in [7, 11) is 0. The molecule has 1 aromatic carbocycles. The fraction of sp³-hybridized carbons (Fsp3) is 0.438. The number of hydrogen-bond donors (Lipinski definition) is 1. The lowest BCUT2D eigenvalue weighted by Gasteiger charge is -2.21. The fourth-order valence-electron chi connectivity index (χ4n) is 2.58. The van der Waals surface area contributed by atoms with E-state index in [4.69, 9.17) is 0 Å². The molecule has 116 valence electrons. The standard InChI is InChI=1S/C16H19N3OS2/c20-14(12-7-3-1-4-8-12)11-21-16-19-18-15(22-16)17-13-9-5-2-6-10-13/h1,3-4,7-8,13H,2,5-6,9-11H2,(H,17,18). The van der Waals surface area contributed by atoms with Gasteiger partial charge in [0, 0.05) is 11.6 Å². The van der Waals surface area contributed by atoms with E-state index in [2.05, 4.69) is 15.5 Å². The van der Waals surface area contributed by atoms with Crippen LogP contribution in [0.25, 0.3) is 0 Å². The average Bonchev–Trinajstić information content (AvgIpc) is 3.02. The Morgan fingerprint density at radius 1 is 1.18 bits per heavy atom. The maximum absolute atomic E-state index is 12.1. The Bertz CT molecular complexity index is 609. The van der Waals surface area contributed by atoms with Gasteiger partial charge in [-0.15, -0.1) is 10.2 Å². The third kappa shape index (κ3) is 4.30. The quantitative estimate of drug-likeness (QED) is 0.632. The number of hydrogen-bond acceptors (Lipinski definition) is 6. The van der Waals surface area contributed by atoms with Crippen molar-refractivity contribution < 1.29 is 4.79 Å². The predicted octanol–water partition coefficient (Wildman–Crippen LogP) is 4.26. The molecule has 1 heterocycles. The molecule has 0 spiro atoms. The molecule has 0 atom stereocenters. The summed E-state index contributed by atoms with van der Waals surface area (Å²) in [6.45, 7) is 0. The molecule has 0 unspecified atom stereocenters. The van der Waals surface area contributed by atoms with E-state index in [9.17, 15) is 4.79 Å². The lowest BCUT2D eigenvalue weighted by Crippen LogP contribution is -2.21. The number of nitrogens with one attached hydrogen (secondary N) is 1. The number of anilines is 1. The summed E-state index contributed by atoms with van der Waals surface area (Å²) in [5.41, 5.74) is 0.750. The zero-order valence-corrected chi connectivity index (χ0v) is 14.0. The molecule has 0 bridgehead atoms. The van der Waals surface area contributed by atoms with Crippen LogP contribution in [0.4, 0.5) is 5.13 Å². The van der Waals surface area contributed by atoms with Crippen molar-refractivity contribution in [3.05, 3.63) is 35.9 Å². The number of Topliss-reactive ketones (excluding diaryl/α,β-unsaturated/α-hetero) is 1. The largest absolute Gasteiger partial charge is 0.357 e. The van der Waals surface area contributed by atoms with E-state index in [0.717, 1.165) is 15.0 Å². The van der Waals surface area contributed by atoms with Crippen LogP contribution in [0.5, 0.6) is 0 Å². The Labute approximate surface area is 138 Å². The summed E-state index contributed by atoms with van der Waals surface area (Å²) in [5.74, 6) is 0.532. The zero-order valence-electron chi connectivity index (χ0n) is 12.3. The molecule has 0 radical (unpaired) electrons. The highest BCUT2D eigenvalue weighted by molar-refractivity contribution is 8.01. The molecular formula is C16H19N3OS2. The minimum Gasteiger partial charge on any atom is -0.357 e. The first-order valence-corrected chi connectivity index (χ1v) is 9.42. The van der Waals surface area contributed by atoms with E-state index in [0.29, 0.717) is 11.8 Å². The van der Waals surface area contributed by atoms with Crippen molar-refractivity contribution >= 4 is 34.0 Å². The van der Waals surface area contributed by atoms with Gasteiger partial charge in [0.15, 0.2) is 10.1 Å². The van der Waals surface area contributed by atoms with Crippen LogP contribution in [-0.4, -0.2) is 27.8 Å². The van der Waals surface area contributed by atoms with E-state index < -0.39 is 0 Å². The molecule has 22 heavy (non-hydrogen) atoms. The van der Waals surface area contributed by atoms with Crippen LogP contribution in [0.1, 0.15) is 42.5 Å². The minimum atomic E-state index is 0.127. The first kappa shape index (κ1) is 15.5. The number of ketones is 1. The summed E-state index contributed by atoms with van der Waals surface area (Å²) < 4.78 is 0.850. The van der Waals surface area contributed by atoms with Gasteiger partial charge in [0.1, 0.15) is 0 Å². The molecule has 0 amide bonds. The summed E-state index contributed by atoms with van der Waals surface area (Å²) in [6.07, 6.45) is 6.37. The van der Waals surface area contributed by atoms with Crippen molar-refractivity contribution in [3.8, 4) is 0 Å². The normalized spacial score (nSPS) is 15.6. The van der Waals surface area contributed by atoms with Crippen molar-refractivity contribution in [1.29, 1.82) is 0 Å². The van der Waals surface area contributed by atoms with Gasteiger partial charge in [-0.3, -0.25) is 4.79 Å². The van der Waals surface area contributed by atoms with Crippen LogP contribution < -0.4 is 5.32 Å². The predicted molar refractivity (Wildman–Crippen MR) is 91.9 cm³/mol. The van der Waals surface area contributed by atoms with Gasteiger partial charge in [-0.05, 0) is 12.8 Å². The van der Waals surface area contributed by atoms with Gasteiger partial charge in [-0.1, -0.05) is 72.7 Å². The van der Waals surface area contributed by atoms with E-state index in [1.807, 2.05) is 30.3 Å². The van der Waals surface area contributed by atoms with Gasteiger partial charge in [-0.25, -0.2) is 0 Å². The van der Waals surface area contributed by atoms with Crippen LogP contribution in [0.3, 0.4) is 0 Å². The van der Waals surface area contributed by atoms with Crippen LogP contribution >= 0.6 is 23.1 Å². The molecule has 0 aliphatic heterocycles. The number of benzene rings is 1. The highest BCUT2D eigenvalue weighted by atomic mass is 32.2. The Morgan fingerprint density at radius 3 is 2.73 bits per heavy atom. The summed E-state index contributed by atoms with van der Waals surface area (Å²) in [5, 5.41) is 12.7. The SMILES string of the molecule is O=C(CSc1nnc(NC2CCCCC2)s1)c1ccccc1. The molecule has 1 fully saturated rings. The summed E-state index contributed by atoms with van der Waals surface area (Å²) in [4.78, 5) is 12.1. The number of aromatic nitrogens is 2. The Hall–Kier alpha value is -1.40. The lowest BCUT2D eigenvalue weighted by molar-refractivity contribution is 0.102. The van der Waals surface area contributed by atoms with Crippen molar-refractivity contribution in [3.63, 3.8) is 0 Å². The monoisotopic (exact) mass is 333 g/mol. The Morgan fingerprint density at radius 2 is 1.95 bits per heavy atom. The lowest BCUT2D eigenvalue weighted by atomic mass is 9.96. The van der Waals surface area contributed by atoms with Gasteiger partial charge in [-0.2, -0.15) is 0 Å². The van der Waals surface area contributed by atoms with E-state index in [1.54, 1.807) is 11.3 Å². The molecule has 1 aromatic heterocycles. The smallest absolute Gasteiger partial charge is 0.206 e. The second kappa shape index (κ2) is 7.74. The van der Waals surface area contributed by atoms with Gasteiger partial charge in [0.2, 0.25) is 5.13 Å². The molecule has 6 heteroatoms. The molecular weight excluding hydrogens is 314 g/mol. The molecule has 0 saturated heterocycles. The van der Waals surface area contributed by atoms with Crippen molar-refractivity contribution in [2.24, 2.45) is 0 Å². The first-order chi connectivity index (χ1) is 10.8. The maximum atomic E-state index is 12.1. The van der Waals surface area contributed by atoms with Gasteiger partial charge in [0.25, 0.3) is 0 Å². The van der Waals surface area contributed by atoms with Crippen LogP contribution in [0.15, 0.2) is 34.7 Å². The summed E-state index contributed by atoms with van der Waals surface area (Å²) >= 11 is 3.00. The third-order valence-electron chi connectivity index (χ3n) is 3.76. The molecule has 2 aromatic rings. The van der Waals surface area contributed by atoms with Gasteiger partial charge in [0.05, 0.1) is 5.75 Å². The third-order valence-corrected chi connectivity index (χ3v) is 5.75. The molecule has 1 saturated carbocycles. The molecule has 1 aliphatic rings. The van der Waals surface area contributed by atoms with Crippen LogP contribution in [0, 0.1) is 0 Å². The molecule has 3 rings (SSSR count). The second-order valence-electron chi connectivity index (χ2n) is 5.43. The second-order valence-corrected chi connectivity index (χ2v) is 7.63. The van der Waals surface area contributed by atoms with E-state index in [1.165, 1.54) is 43.9 Å². The van der Waals surface area contributed by atoms with Gasteiger partial charge < -0.3 is 5.32 Å². The number of carbonyl (C=O) groups excluding carboxylic acids is 1. The van der Waals surface area contributed by atoms with Gasteiger partial charge >= 0.3 is 0 Å². The van der Waals surface area contributed by atoms with Crippen molar-refractivity contribution in [2.45, 2.75) is 42.5 Å². The Balaban J connectivity index is 1.50. The molecule has 1 N–H and O–H groups in total. The highest BCUT2D eigenvalue weighted by Crippen LogP contribution is 2.28. The summed E-state index contributed by atoms with van der Waals surface area (Å²) in [6, 6.07) is 9.91. The molecule has 1 aliphatic carbocycles. The number of rotatable bonds is 6. The first-order valence-electron chi connectivity index (χ1n) is 7.62. The van der Waals surface area contributed by atoms with Crippen molar-refractivity contribution in [1.82, 2.24) is 10.2 Å². The Kier molecular flexibility index (Phi) is 5.45. The maximum Gasteiger partial charge on any atom is 0.206 e. The van der Waals surface area contributed by atoms with Crippen LogP contribution in [0.2, 0.25) is 0 Å². The fourth-order valence-corrected chi connectivity index (χ4v) is 4.31. The van der Waals surface area contributed by atoms with E-state index >= 15 is 0 Å². The number of thioether (sulfide) groups is 1. The molecule has 4 nitrogen and oxygen atoms in total.